The van der Waals surface area contributed by atoms with Crippen LogP contribution in [0.15, 0.2) is 46.9 Å². The van der Waals surface area contributed by atoms with E-state index in [-0.39, 0.29) is 0 Å². The lowest BCUT2D eigenvalue weighted by Crippen LogP contribution is -2.30. The minimum Gasteiger partial charge on any atom is -0.340 e. The molecule has 104 valence electrons. The van der Waals surface area contributed by atoms with E-state index in [0.29, 0.717) is 5.92 Å². The molecule has 1 unspecified atom stereocenters. The topological polar surface area (TPSA) is 3.24 Å². The highest BCUT2D eigenvalue weighted by Crippen LogP contribution is 2.39. The van der Waals surface area contributed by atoms with Gasteiger partial charge in [0.25, 0.3) is 0 Å². The molecular weight excluding hydrogens is 378 g/mol. The molecule has 0 saturated heterocycles. The summed E-state index contributed by atoms with van der Waals surface area (Å²) in [4.78, 5) is 2.44. The van der Waals surface area contributed by atoms with E-state index in [1.165, 1.54) is 33.4 Å². The first-order valence-electron chi connectivity index (χ1n) is 6.89. The summed E-state index contributed by atoms with van der Waals surface area (Å²) in [5, 5.41) is 0.888. The van der Waals surface area contributed by atoms with Gasteiger partial charge in [-0.25, -0.2) is 0 Å². The van der Waals surface area contributed by atoms with E-state index in [0.717, 1.165) is 11.9 Å². The number of benzene rings is 2. The fourth-order valence-corrected chi connectivity index (χ4v) is 3.87. The van der Waals surface area contributed by atoms with Crippen molar-refractivity contribution in [2.45, 2.75) is 18.7 Å². The second-order valence-electron chi connectivity index (χ2n) is 5.47. The Hall–Kier alpha value is -0.800. The molecule has 20 heavy (non-hydrogen) atoms. The molecule has 1 aliphatic heterocycles. The molecule has 1 atom stereocenters. The van der Waals surface area contributed by atoms with Crippen LogP contribution in [0.3, 0.4) is 0 Å². The quantitative estimate of drug-likeness (QED) is 0.592. The summed E-state index contributed by atoms with van der Waals surface area (Å²) < 4.78 is 1.17. The predicted molar refractivity (Wildman–Crippen MR) is 93.1 cm³/mol. The van der Waals surface area contributed by atoms with Crippen molar-refractivity contribution in [3.8, 4) is 0 Å². The molecule has 3 heteroatoms. The molecule has 0 aromatic heterocycles. The molecule has 1 aliphatic rings. The second-order valence-corrected chi connectivity index (χ2v) is 6.88. The third-order valence-corrected chi connectivity index (χ3v) is 5.08. The summed E-state index contributed by atoms with van der Waals surface area (Å²) in [5.74, 6) is 0.674. The summed E-state index contributed by atoms with van der Waals surface area (Å²) in [6.45, 7) is 3.40. The molecule has 0 aliphatic carbocycles. The summed E-state index contributed by atoms with van der Waals surface area (Å²) in [6, 6.07) is 15.4. The Labute approximate surface area is 137 Å². The smallest absolute Gasteiger partial charge is 0.0555 e. The fourth-order valence-electron chi connectivity index (χ4n) is 2.88. The number of alkyl halides is 1. The Morgan fingerprint density at radius 2 is 1.95 bits per heavy atom. The van der Waals surface area contributed by atoms with E-state index in [2.05, 4.69) is 86.1 Å². The molecule has 0 radical (unpaired) electrons. The van der Waals surface area contributed by atoms with Gasteiger partial charge in [-0.1, -0.05) is 47.1 Å². The average molecular weight is 395 g/mol. The van der Waals surface area contributed by atoms with Gasteiger partial charge in [-0.2, -0.15) is 0 Å². The molecule has 3 rings (SSSR count). The lowest BCUT2D eigenvalue weighted by molar-refractivity contribution is 0.562. The van der Waals surface area contributed by atoms with Crippen molar-refractivity contribution in [3.05, 3.63) is 58.1 Å². The lowest BCUT2D eigenvalue weighted by Gasteiger charge is -2.35. The molecular formula is C17H17Br2N. The molecule has 1 nitrogen and oxygen atoms in total. The van der Waals surface area contributed by atoms with Crippen LogP contribution in [-0.4, -0.2) is 6.54 Å². The van der Waals surface area contributed by atoms with Crippen molar-refractivity contribution >= 4 is 43.2 Å². The molecule has 2 aromatic rings. The summed E-state index contributed by atoms with van der Waals surface area (Å²) in [6.07, 6.45) is 1.17. The van der Waals surface area contributed by atoms with Crippen LogP contribution in [0, 0.1) is 5.92 Å². The number of nitrogens with zero attached hydrogens (tertiary/aromatic N) is 1. The second kappa shape index (κ2) is 5.90. The monoisotopic (exact) mass is 393 g/mol. The maximum atomic E-state index is 3.73. The van der Waals surface area contributed by atoms with Gasteiger partial charge in [0.15, 0.2) is 0 Å². The molecule has 0 N–H and O–H groups in total. The van der Waals surface area contributed by atoms with E-state index < -0.39 is 0 Å². The van der Waals surface area contributed by atoms with E-state index in [9.17, 15) is 0 Å². The van der Waals surface area contributed by atoms with Gasteiger partial charge in [0.05, 0.1) is 5.69 Å². The first-order valence-corrected chi connectivity index (χ1v) is 8.80. The maximum absolute atomic E-state index is 3.73. The Kier molecular flexibility index (Phi) is 4.18. The van der Waals surface area contributed by atoms with Crippen molar-refractivity contribution < 1.29 is 0 Å². The van der Waals surface area contributed by atoms with Gasteiger partial charge >= 0.3 is 0 Å². The zero-order chi connectivity index (χ0) is 14.1. The average Bonchev–Trinajstić information content (AvgIpc) is 2.46. The molecule has 0 bridgehead atoms. The molecule has 0 fully saturated rings. The molecule has 2 aromatic carbocycles. The Morgan fingerprint density at radius 1 is 1.15 bits per heavy atom. The number of hydrogen-bond donors (Lipinski definition) is 0. The number of anilines is 2. The molecule has 1 heterocycles. The van der Waals surface area contributed by atoms with Gasteiger partial charge in [0, 0.05) is 22.0 Å². The minimum atomic E-state index is 0.674. The van der Waals surface area contributed by atoms with E-state index in [4.69, 9.17) is 0 Å². The third-order valence-electron chi connectivity index (χ3n) is 3.80. The Morgan fingerprint density at radius 3 is 2.70 bits per heavy atom. The van der Waals surface area contributed by atoms with E-state index >= 15 is 0 Å². The Balaban J connectivity index is 2.06. The summed E-state index contributed by atoms with van der Waals surface area (Å²) >= 11 is 7.25. The summed E-state index contributed by atoms with van der Waals surface area (Å²) in [5.41, 5.74) is 5.34. The van der Waals surface area contributed by atoms with Crippen LogP contribution in [0.2, 0.25) is 0 Å². The Bertz CT molecular complexity index is 624. The van der Waals surface area contributed by atoms with E-state index in [1.807, 2.05) is 0 Å². The number of hydrogen-bond acceptors (Lipinski definition) is 1. The van der Waals surface area contributed by atoms with Crippen LogP contribution in [0.4, 0.5) is 11.4 Å². The minimum absolute atomic E-state index is 0.674. The van der Waals surface area contributed by atoms with Gasteiger partial charge in [-0.15, -0.1) is 0 Å². The molecule has 0 saturated carbocycles. The first kappa shape index (κ1) is 14.2. The summed E-state index contributed by atoms with van der Waals surface area (Å²) in [7, 11) is 0. The van der Waals surface area contributed by atoms with Crippen LogP contribution in [0.1, 0.15) is 18.1 Å². The normalized spacial score (nSPS) is 17.9. The first-order chi connectivity index (χ1) is 9.69. The highest BCUT2D eigenvalue weighted by Gasteiger charge is 2.23. The van der Waals surface area contributed by atoms with E-state index in [1.54, 1.807) is 0 Å². The number of halogens is 2. The van der Waals surface area contributed by atoms with Crippen molar-refractivity contribution in [1.82, 2.24) is 0 Å². The predicted octanol–water partition coefficient (Wildman–Crippen LogP) is 5.67. The zero-order valence-corrected chi connectivity index (χ0v) is 14.6. The number of rotatable bonds is 2. The van der Waals surface area contributed by atoms with Crippen molar-refractivity contribution in [1.29, 1.82) is 0 Å². The van der Waals surface area contributed by atoms with Crippen LogP contribution in [0.5, 0.6) is 0 Å². The van der Waals surface area contributed by atoms with Gasteiger partial charge in [-0.05, 0) is 57.6 Å². The highest BCUT2D eigenvalue weighted by atomic mass is 79.9. The van der Waals surface area contributed by atoms with Gasteiger partial charge in [0.2, 0.25) is 0 Å². The highest BCUT2D eigenvalue weighted by molar-refractivity contribution is 9.10. The van der Waals surface area contributed by atoms with Crippen molar-refractivity contribution in [3.63, 3.8) is 0 Å². The number of para-hydroxylation sites is 1. The standard InChI is InChI=1S/C17H17Br2N/c1-12-8-14-4-2-3-5-16(14)20(11-12)17-7-6-13(10-18)9-15(17)19/h2-7,9,12H,8,10-11H2,1H3. The lowest BCUT2D eigenvalue weighted by atomic mass is 9.93. The number of fused-ring (bicyclic) bond motifs is 1. The van der Waals surface area contributed by atoms with Crippen LogP contribution < -0.4 is 4.90 Å². The van der Waals surface area contributed by atoms with Gasteiger partial charge < -0.3 is 4.90 Å². The largest absolute Gasteiger partial charge is 0.340 e. The van der Waals surface area contributed by atoms with Crippen LogP contribution in [-0.2, 0) is 11.8 Å². The fraction of sp³-hybridized carbons (Fsp3) is 0.294. The third kappa shape index (κ3) is 2.66. The molecule has 0 spiro atoms. The van der Waals surface area contributed by atoms with Crippen LogP contribution >= 0.6 is 31.9 Å². The van der Waals surface area contributed by atoms with Gasteiger partial charge in [0.1, 0.15) is 0 Å². The zero-order valence-electron chi connectivity index (χ0n) is 11.4. The SMILES string of the molecule is CC1Cc2ccccc2N(c2ccc(CBr)cc2Br)C1. The maximum Gasteiger partial charge on any atom is 0.0555 e. The van der Waals surface area contributed by atoms with Crippen LogP contribution in [0.25, 0.3) is 0 Å². The van der Waals surface area contributed by atoms with Gasteiger partial charge in [-0.3, -0.25) is 0 Å². The molecule has 0 amide bonds. The van der Waals surface area contributed by atoms with Crippen molar-refractivity contribution in [2.75, 3.05) is 11.4 Å². The van der Waals surface area contributed by atoms with Crippen molar-refractivity contribution in [2.24, 2.45) is 5.92 Å².